The number of benzene rings is 1. The number of anilines is 1. The van der Waals surface area contributed by atoms with Gasteiger partial charge in [-0.25, -0.2) is 4.98 Å². The Bertz CT molecular complexity index is 1130. The molecule has 0 radical (unpaired) electrons. The zero-order valence-electron chi connectivity index (χ0n) is 14.3. The molecule has 0 fully saturated rings. The number of nitrogens with zero attached hydrogens (tertiary/aromatic N) is 2. The van der Waals surface area contributed by atoms with Crippen molar-refractivity contribution in [3.63, 3.8) is 0 Å². The van der Waals surface area contributed by atoms with Crippen molar-refractivity contribution in [2.24, 2.45) is 0 Å². The van der Waals surface area contributed by atoms with Gasteiger partial charge in [-0.05, 0) is 47.7 Å². The Morgan fingerprint density at radius 2 is 1.85 bits per heavy atom. The second kappa shape index (κ2) is 6.72. The number of rotatable bonds is 3. The van der Waals surface area contributed by atoms with Crippen LogP contribution in [0.2, 0.25) is 0 Å². The Balaban J connectivity index is 1.39. The summed E-state index contributed by atoms with van der Waals surface area (Å²) in [6.45, 7) is 0. The lowest BCUT2D eigenvalue weighted by molar-refractivity contribution is 0.103. The molecule has 1 N–H and O–H groups in total. The predicted octanol–water partition coefficient (Wildman–Crippen LogP) is 5.28. The van der Waals surface area contributed by atoms with E-state index in [0.717, 1.165) is 29.0 Å². The zero-order chi connectivity index (χ0) is 18.2. The maximum atomic E-state index is 12.7. The normalized spacial score (nSPS) is 12.3. The fourth-order valence-electron chi connectivity index (χ4n) is 3.33. The molecule has 0 spiro atoms. The Labute approximate surface area is 164 Å². The van der Waals surface area contributed by atoms with Gasteiger partial charge in [0.2, 0.25) is 0 Å². The van der Waals surface area contributed by atoms with Crippen LogP contribution >= 0.6 is 22.7 Å². The quantitative estimate of drug-likeness (QED) is 0.518. The first kappa shape index (κ1) is 16.4. The molecule has 0 unspecified atom stereocenters. The molecule has 0 atom stereocenters. The van der Waals surface area contributed by atoms with E-state index >= 15 is 0 Å². The molecule has 5 rings (SSSR count). The number of pyridine rings is 1. The maximum Gasteiger partial charge on any atom is 0.267 e. The lowest BCUT2D eigenvalue weighted by atomic mass is 9.91. The summed E-state index contributed by atoms with van der Waals surface area (Å²) in [5.74, 6) is -0.0949. The highest BCUT2D eigenvalue weighted by Crippen LogP contribution is 2.39. The number of aryl methyl sites for hydroxylation is 2. The predicted molar refractivity (Wildman–Crippen MR) is 110 cm³/mol. The molecule has 1 aromatic carbocycles. The fourth-order valence-corrected chi connectivity index (χ4v) is 5.21. The molecule has 1 amide bonds. The van der Waals surface area contributed by atoms with E-state index in [9.17, 15) is 4.79 Å². The van der Waals surface area contributed by atoms with Crippen LogP contribution in [0.4, 0.5) is 5.13 Å². The van der Waals surface area contributed by atoms with Gasteiger partial charge in [-0.2, -0.15) is 0 Å². The molecule has 1 aliphatic carbocycles. The van der Waals surface area contributed by atoms with Crippen molar-refractivity contribution in [2.45, 2.75) is 12.8 Å². The topological polar surface area (TPSA) is 54.9 Å². The van der Waals surface area contributed by atoms with Crippen molar-refractivity contribution in [1.29, 1.82) is 0 Å². The van der Waals surface area contributed by atoms with E-state index < -0.39 is 0 Å². The number of carbonyl (C=O) groups excluding carboxylic acids is 1. The Morgan fingerprint density at radius 1 is 1.04 bits per heavy atom. The van der Waals surface area contributed by atoms with Gasteiger partial charge < -0.3 is 0 Å². The molecule has 4 aromatic rings. The summed E-state index contributed by atoms with van der Waals surface area (Å²) in [7, 11) is 0. The monoisotopic (exact) mass is 389 g/mol. The number of hydrogen-bond acceptors (Lipinski definition) is 5. The largest absolute Gasteiger partial charge is 0.297 e. The SMILES string of the molecule is O=C(Nc1nc(-c2ccncc2)cs1)c1cc2c(s1)-c1ccccc1CC2. The molecule has 1 aliphatic rings. The molecule has 6 heteroatoms. The Kier molecular flexibility index (Phi) is 4.07. The van der Waals surface area contributed by atoms with E-state index in [1.807, 2.05) is 23.6 Å². The van der Waals surface area contributed by atoms with Crippen LogP contribution in [-0.4, -0.2) is 15.9 Å². The minimum absolute atomic E-state index is 0.0949. The minimum Gasteiger partial charge on any atom is -0.297 e. The number of nitrogens with one attached hydrogen (secondary N) is 1. The number of aromatic nitrogens is 2. The second-order valence-electron chi connectivity index (χ2n) is 6.35. The van der Waals surface area contributed by atoms with Crippen molar-refractivity contribution in [3.05, 3.63) is 76.2 Å². The standard InChI is InChI=1S/C21H15N3OS2/c25-20(24-21-23-17(12-26-21)14-7-9-22-10-8-14)18-11-15-6-5-13-3-1-2-4-16(13)19(15)27-18/h1-4,7-12H,5-6H2,(H,23,24,25). The van der Waals surface area contributed by atoms with Gasteiger partial charge >= 0.3 is 0 Å². The third-order valence-corrected chi connectivity index (χ3v) is 6.63. The molecule has 0 saturated carbocycles. The molecule has 4 nitrogen and oxygen atoms in total. The van der Waals surface area contributed by atoms with Crippen molar-refractivity contribution >= 4 is 33.7 Å². The van der Waals surface area contributed by atoms with E-state index in [4.69, 9.17) is 0 Å². The van der Waals surface area contributed by atoms with Crippen LogP contribution < -0.4 is 5.32 Å². The lowest BCUT2D eigenvalue weighted by Gasteiger charge is -2.15. The maximum absolute atomic E-state index is 12.7. The van der Waals surface area contributed by atoms with Gasteiger partial charge in [0.15, 0.2) is 5.13 Å². The summed E-state index contributed by atoms with van der Waals surface area (Å²) in [5, 5.41) is 5.50. The summed E-state index contributed by atoms with van der Waals surface area (Å²) in [4.78, 5) is 23.2. The molecular formula is C21H15N3OS2. The number of hydrogen-bond donors (Lipinski definition) is 1. The van der Waals surface area contributed by atoms with Crippen molar-refractivity contribution in [2.75, 3.05) is 5.32 Å². The van der Waals surface area contributed by atoms with Crippen molar-refractivity contribution < 1.29 is 4.79 Å². The van der Waals surface area contributed by atoms with Crippen LogP contribution in [0.25, 0.3) is 21.7 Å². The zero-order valence-corrected chi connectivity index (χ0v) is 15.9. The second-order valence-corrected chi connectivity index (χ2v) is 8.26. The Morgan fingerprint density at radius 3 is 2.74 bits per heavy atom. The van der Waals surface area contributed by atoms with Gasteiger partial charge in [0, 0.05) is 28.2 Å². The molecule has 3 aromatic heterocycles. The summed E-state index contributed by atoms with van der Waals surface area (Å²) in [5.41, 5.74) is 5.72. The van der Waals surface area contributed by atoms with Gasteiger partial charge in [-0.1, -0.05) is 24.3 Å². The molecule has 0 bridgehead atoms. The van der Waals surface area contributed by atoms with Crippen LogP contribution in [0, 0.1) is 0 Å². The number of carbonyl (C=O) groups is 1. The van der Waals surface area contributed by atoms with Crippen molar-refractivity contribution in [1.82, 2.24) is 9.97 Å². The number of thiophene rings is 1. The van der Waals surface area contributed by atoms with Crippen LogP contribution in [-0.2, 0) is 12.8 Å². The lowest BCUT2D eigenvalue weighted by Crippen LogP contribution is -2.09. The first-order valence-electron chi connectivity index (χ1n) is 8.66. The van der Waals surface area contributed by atoms with Gasteiger partial charge in [0.05, 0.1) is 10.6 Å². The molecule has 132 valence electrons. The van der Waals surface area contributed by atoms with Gasteiger partial charge in [0.1, 0.15) is 0 Å². The highest BCUT2D eigenvalue weighted by molar-refractivity contribution is 7.18. The van der Waals surface area contributed by atoms with E-state index in [1.165, 1.54) is 32.9 Å². The first-order valence-corrected chi connectivity index (χ1v) is 10.4. The van der Waals surface area contributed by atoms with Crippen LogP contribution in [0.1, 0.15) is 20.8 Å². The third kappa shape index (κ3) is 3.07. The fraction of sp³-hybridized carbons (Fsp3) is 0.0952. The average Bonchev–Trinajstić information content (AvgIpc) is 3.36. The van der Waals surface area contributed by atoms with E-state index in [0.29, 0.717) is 5.13 Å². The summed E-state index contributed by atoms with van der Waals surface area (Å²) in [6, 6.07) is 14.3. The van der Waals surface area contributed by atoms with E-state index in [-0.39, 0.29) is 5.91 Å². The highest BCUT2D eigenvalue weighted by Gasteiger charge is 2.21. The summed E-state index contributed by atoms with van der Waals surface area (Å²) in [6.07, 6.45) is 5.49. The van der Waals surface area contributed by atoms with Crippen molar-refractivity contribution in [3.8, 4) is 21.7 Å². The van der Waals surface area contributed by atoms with E-state index in [1.54, 1.807) is 23.7 Å². The number of thiazole rings is 1. The Hall–Kier alpha value is -2.83. The van der Waals surface area contributed by atoms with Crippen LogP contribution in [0.15, 0.2) is 60.2 Å². The highest BCUT2D eigenvalue weighted by atomic mass is 32.1. The van der Waals surface area contributed by atoms with E-state index in [2.05, 4.69) is 39.6 Å². The summed E-state index contributed by atoms with van der Waals surface area (Å²) >= 11 is 3.00. The first-order chi connectivity index (χ1) is 13.3. The van der Waals surface area contributed by atoms with Gasteiger partial charge in [-0.15, -0.1) is 22.7 Å². The van der Waals surface area contributed by atoms with Crippen LogP contribution in [0.3, 0.4) is 0 Å². The number of fused-ring (bicyclic) bond motifs is 3. The van der Waals surface area contributed by atoms with Gasteiger partial charge in [-0.3, -0.25) is 15.1 Å². The van der Waals surface area contributed by atoms with Crippen LogP contribution in [0.5, 0.6) is 0 Å². The third-order valence-electron chi connectivity index (χ3n) is 4.66. The molecule has 27 heavy (non-hydrogen) atoms. The average molecular weight is 390 g/mol. The smallest absolute Gasteiger partial charge is 0.267 e. The molecular weight excluding hydrogens is 374 g/mol. The van der Waals surface area contributed by atoms with Gasteiger partial charge in [0.25, 0.3) is 5.91 Å². The molecule has 3 heterocycles. The summed E-state index contributed by atoms with van der Waals surface area (Å²) < 4.78 is 0. The molecule has 0 saturated heterocycles. The minimum atomic E-state index is -0.0949. The number of amides is 1. The molecule has 0 aliphatic heterocycles.